The van der Waals surface area contributed by atoms with Gasteiger partial charge < -0.3 is 10.1 Å². The number of thiophene rings is 1. The first-order valence-electron chi connectivity index (χ1n) is 6.64. The van der Waals surface area contributed by atoms with Gasteiger partial charge in [-0.1, -0.05) is 40.9 Å². The minimum absolute atomic E-state index is 0.0883. The lowest BCUT2D eigenvalue weighted by Crippen LogP contribution is -2.24. The summed E-state index contributed by atoms with van der Waals surface area (Å²) in [5.41, 5.74) is 0. The second kappa shape index (κ2) is 8.55. The third kappa shape index (κ3) is 5.39. The summed E-state index contributed by atoms with van der Waals surface area (Å²) in [5, 5.41) is 5.25. The van der Waals surface area contributed by atoms with Gasteiger partial charge in [-0.25, -0.2) is 0 Å². The predicted octanol–water partition coefficient (Wildman–Crippen LogP) is 4.82. The molecule has 0 radical (unpaired) electrons. The van der Waals surface area contributed by atoms with E-state index < -0.39 is 5.97 Å². The van der Waals surface area contributed by atoms with E-state index in [0.29, 0.717) is 22.9 Å². The van der Waals surface area contributed by atoms with E-state index in [0.717, 1.165) is 0 Å². The van der Waals surface area contributed by atoms with E-state index in [2.05, 4.69) is 5.32 Å². The van der Waals surface area contributed by atoms with Gasteiger partial charge in [-0.3, -0.25) is 9.59 Å². The van der Waals surface area contributed by atoms with E-state index in [-0.39, 0.29) is 28.1 Å². The van der Waals surface area contributed by atoms with Crippen molar-refractivity contribution in [2.45, 2.75) is 12.8 Å². The second-order valence-corrected chi connectivity index (χ2v) is 6.71. The molecular weight excluding hydrogens is 381 g/mol. The fourth-order valence-corrected chi connectivity index (χ4v) is 3.26. The molecule has 23 heavy (non-hydrogen) atoms. The highest BCUT2D eigenvalue weighted by Crippen LogP contribution is 2.36. The summed E-state index contributed by atoms with van der Waals surface area (Å²) in [7, 11) is 0. The number of carbonyl (C=O) groups is 2. The van der Waals surface area contributed by atoms with Gasteiger partial charge in [0.2, 0.25) is 0 Å². The highest BCUT2D eigenvalue weighted by Gasteiger charge is 2.14. The molecule has 2 aromatic rings. The Morgan fingerprint density at radius 2 is 1.87 bits per heavy atom. The monoisotopic (exact) mass is 391 g/mol. The van der Waals surface area contributed by atoms with Gasteiger partial charge >= 0.3 is 5.97 Å². The molecule has 1 aromatic heterocycles. The molecule has 1 heterocycles. The normalized spacial score (nSPS) is 10.4. The maximum absolute atomic E-state index is 11.8. The van der Waals surface area contributed by atoms with Gasteiger partial charge in [0.15, 0.2) is 5.75 Å². The minimum atomic E-state index is -0.485. The average Bonchev–Trinajstić information content (AvgIpc) is 3.01. The summed E-state index contributed by atoms with van der Waals surface area (Å²) in [4.78, 5) is 24.1. The summed E-state index contributed by atoms with van der Waals surface area (Å²) in [6.45, 7) is 0.369. The van der Waals surface area contributed by atoms with Crippen molar-refractivity contribution < 1.29 is 14.3 Å². The number of halogens is 3. The number of ether oxygens (including phenoxy) is 1. The summed E-state index contributed by atoms with van der Waals surface area (Å²) in [6.07, 6.45) is 0.568. The van der Waals surface area contributed by atoms with Crippen LogP contribution in [0.2, 0.25) is 15.1 Å². The van der Waals surface area contributed by atoms with Crippen molar-refractivity contribution in [3.05, 3.63) is 49.6 Å². The molecular formula is C15H12Cl3NO3S. The zero-order chi connectivity index (χ0) is 16.8. The van der Waals surface area contributed by atoms with E-state index in [1.807, 2.05) is 5.38 Å². The average molecular weight is 393 g/mol. The standard InChI is InChI=1S/C15H12Cl3NO3S/c16-9-7-10(17)14(11(18)8-9)22-13(20)4-1-5-19-15(21)12-3-2-6-23-12/h2-3,6-8H,1,4-5H2,(H,19,21). The van der Waals surface area contributed by atoms with Gasteiger partial charge in [-0.05, 0) is 30.0 Å². The van der Waals surface area contributed by atoms with Crippen LogP contribution >= 0.6 is 46.1 Å². The molecule has 0 saturated carbocycles. The Morgan fingerprint density at radius 1 is 1.17 bits per heavy atom. The molecule has 122 valence electrons. The van der Waals surface area contributed by atoms with Crippen LogP contribution in [0.4, 0.5) is 0 Å². The lowest BCUT2D eigenvalue weighted by atomic mass is 10.3. The van der Waals surface area contributed by atoms with Crippen molar-refractivity contribution in [2.75, 3.05) is 6.54 Å². The summed E-state index contributed by atoms with van der Waals surface area (Å²) < 4.78 is 5.14. The Morgan fingerprint density at radius 3 is 2.48 bits per heavy atom. The Bertz CT molecular complexity index is 681. The lowest BCUT2D eigenvalue weighted by molar-refractivity contribution is -0.134. The molecule has 0 spiro atoms. The van der Waals surface area contributed by atoms with Crippen molar-refractivity contribution in [1.82, 2.24) is 5.32 Å². The Labute approximate surface area is 152 Å². The SMILES string of the molecule is O=C(CCCNC(=O)c1cccs1)Oc1c(Cl)cc(Cl)cc1Cl. The van der Waals surface area contributed by atoms with Gasteiger partial charge in [0.05, 0.1) is 14.9 Å². The molecule has 1 amide bonds. The molecule has 0 atom stereocenters. The summed E-state index contributed by atoms with van der Waals surface area (Å²) in [5.74, 6) is -0.552. The van der Waals surface area contributed by atoms with Crippen LogP contribution in [-0.2, 0) is 4.79 Å². The third-order valence-electron chi connectivity index (χ3n) is 2.77. The van der Waals surface area contributed by atoms with Crippen LogP contribution in [0.25, 0.3) is 0 Å². The fourth-order valence-electron chi connectivity index (χ4n) is 1.72. The molecule has 0 bridgehead atoms. The van der Waals surface area contributed by atoms with Crippen LogP contribution in [0.1, 0.15) is 22.5 Å². The Hall–Kier alpha value is -1.27. The van der Waals surface area contributed by atoms with Gasteiger partial charge in [-0.15, -0.1) is 11.3 Å². The molecule has 4 nitrogen and oxygen atoms in total. The molecule has 2 rings (SSSR count). The number of nitrogens with one attached hydrogen (secondary N) is 1. The van der Waals surface area contributed by atoms with Crippen LogP contribution < -0.4 is 10.1 Å². The van der Waals surface area contributed by atoms with Crippen molar-refractivity contribution in [3.63, 3.8) is 0 Å². The van der Waals surface area contributed by atoms with Gasteiger partial charge in [-0.2, -0.15) is 0 Å². The van der Waals surface area contributed by atoms with Crippen LogP contribution in [0.5, 0.6) is 5.75 Å². The molecule has 1 N–H and O–H groups in total. The molecule has 0 aliphatic rings. The van der Waals surface area contributed by atoms with Crippen molar-refractivity contribution in [3.8, 4) is 5.75 Å². The quantitative estimate of drug-likeness (QED) is 0.435. The third-order valence-corrected chi connectivity index (χ3v) is 4.42. The van der Waals surface area contributed by atoms with Crippen molar-refractivity contribution >= 4 is 58.0 Å². The van der Waals surface area contributed by atoms with E-state index in [1.165, 1.54) is 23.5 Å². The van der Waals surface area contributed by atoms with Gasteiger partial charge in [0, 0.05) is 18.0 Å². The smallest absolute Gasteiger partial charge is 0.311 e. The number of hydrogen-bond donors (Lipinski definition) is 1. The van der Waals surface area contributed by atoms with Crippen LogP contribution in [0.3, 0.4) is 0 Å². The van der Waals surface area contributed by atoms with Crippen molar-refractivity contribution in [2.24, 2.45) is 0 Å². The molecule has 0 aliphatic heterocycles. The first-order valence-corrected chi connectivity index (χ1v) is 8.65. The van der Waals surface area contributed by atoms with Crippen LogP contribution in [-0.4, -0.2) is 18.4 Å². The molecule has 0 saturated heterocycles. The molecule has 0 aliphatic carbocycles. The van der Waals surface area contributed by atoms with Crippen molar-refractivity contribution in [1.29, 1.82) is 0 Å². The first kappa shape index (κ1) is 18.1. The highest BCUT2D eigenvalue weighted by atomic mass is 35.5. The number of esters is 1. The summed E-state index contributed by atoms with van der Waals surface area (Å²) >= 11 is 19.0. The zero-order valence-corrected chi connectivity index (χ0v) is 14.9. The van der Waals surface area contributed by atoms with E-state index >= 15 is 0 Å². The Balaban J connectivity index is 1.77. The van der Waals surface area contributed by atoms with Gasteiger partial charge in [0.25, 0.3) is 5.91 Å². The first-order chi connectivity index (χ1) is 11.0. The maximum atomic E-state index is 11.8. The van der Waals surface area contributed by atoms with E-state index in [4.69, 9.17) is 39.5 Å². The predicted molar refractivity (Wildman–Crippen MR) is 93.0 cm³/mol. The Kier molecular flexibility index (Phi) is 6.72. The molecule has 0 unspecified atom stereocenters. The largest absolute Gasteiger partial charge is 0.423 e. The number of hydrogen-bond acceptors (Lipinski definition) is 4. The number of carbonyl (C=O) groups excluding carboxylic acids is 2. The number of rotatable bonds is 6. The lowest BCUT2D eigenvalue weighted by Gasteiger charge is -2.09. The van der Waals surface area contributed by atoms with Crippen LogP contribution in [0, 0.1) is 0 Å². The maximum Gasteiger partial charge on any atom is 0.311 e. The zero-order valence-electron chi connectivity index (χ0n) is 11.8. The number of amides is 1. The van der Waals surface area contributed by atoms with E-state index in [9.17, 15) is 9.59 Å². The topological polar surface area (TPSA) is 55.4 Å². The highest BCUT2D eigenvalue weighted by molar-refractivity contribution is 7.12. The molecule has 1 aromatic carbocycles. The fraction of sp³-hybridized carbons (Fsp3) is 0.200. The minimum Gasteiger partial charge on any atom is -0.423 e. The van der Waals surface area contributed by atoms with Gasteiger partial charge in [0.1, 0.15) is 0 Å². The molecule has 0 fully saturated rings. The second-order valence-electron chi connectivity index (χ2n) is 4.51. The number of benzene rings is 1. The molecule has 8 heteroatoms. The van der Waals surface area contributed by atoms with E-state index in [1.54, 1.807) is 12.1 Å². The van der Waals surface area contributed by atoms with Crippen LogP contribution in [0.15, 0.2) is 29.6 Å². The summed E-state index contributed by atoms with van der Waals surface area (Å²) in [6, 6.07) is 6.42.